The van der Waals surface area contributed by atoms with Crippen molar-refractivity contribution in [2.75, 3.05) is 6.54 Å². The molecule has 7 heteroatoms. The number of benzene rings is 1. The molecule has 32 heavy (non-hydrogen) atoms. The van der Waals surface area contributed by atoms with E-state index in [1.165, 1.54) is 0 Å². The number of hydrogen-bond donors (Lipinski definition) is 1. The monoisotopic (exact) mass is 443 g/mol. The van der Waals surface area contributed by atoms with Gasteiger partial charge < -0.3 is 19.2 Å². The van der Waals surface area contributed by atoms with Crippen LogP contribution in [0.15, 0.2) is 21.3 Å². The summed E-state index contributed by atoms with van der Waals surface area (Å²) in [4.78, 5) is 36.5. The molecule has 0 saturated carbocycles. The van der Waals surface area contributed by atoms with Crippen LogP contribution in [0, 0.1) is 6.92 Å². The normalized spacial score (nSPS) is 13.5. The molecule has 1 aromatic heterocycles. The number of unbranched alkanes of at least 4 members (excludes halogenated alkanes) is 2. The Morgan fingerprint density at radius 1 is 1.06 bits per heavy atom. The summed E-state index contributed by atoms with van der Waals surface area (Å²) in [5, 5.41) is 3.46. The molecule has 7 nitrogen and oxygen atoms in total. The van der Waals surface area contributed by atoms with E-state index in [0.29, 0.717) is 36.3 Å². The zero-order valence-corrected chi connectivity index (χ0v) is 19.5. The Morgan fingerprint density at radius 3 is 2.50 bits per heavy atom. The molecule has 0 unspecified atom stereocenters. The van der Waals surface area contributed by atoms with Crippen molar-refractivity contribution in [2.45, 2.75) is 84.7 Å². The van der Waals surface area contributed by atoms with Crippen molar-refractivity contribution < 1.29 is 23.5 Å². The van der Waals surface area contributed by atoms with E-state index in [1.807, 2.05) is 39.8 Å². The van der Waals surface area contributed by atoms with Crippen molar-refractivity contribution in [3.8, 4) is 5.75 Å². The molecule has 0 fully saturated rings. The van der Waals surface area contributed by atoms with E-state index >= 15 is 0 Å². The SMILES string of the molecule is Cc1cc(OC(=O)CCCCCNC(=O)OC(C)(C)C)c2c3c(c(=O)oc2c1)CCCC3. The summed E-state index contributed by atoms with van der Waals surface area (Å²) in [6, 6.07) is 3.65. The number of esters is 1. The first-order chi connectivity index (χ1) is 15.1. The first-order valence-electron chi connectivity index (χ1n) is 11.4. The molecule has 0 saturated heterocycles. The van der Waals surface area contributed by atoms with Gasteiger partial charge in [-0.05, 0) is 89.5 Å². The van der Waals surface area contributed by atoms with E-state index in [-0.39, 0.29) is 18.0 Å². The molecule has 2 aromatic rings. The van der Waals surface area contributed by atoms with Crippen LogP contribution in [-0.2, 0) is 22.4 Å². The van der Waals surface area contributed by atoms with Crippen molar-refractivity contribution in [3.63, 3.8) is 0 Å². The smallest absolute Gasteiger partial charge is 0.407 e. The summed E-state index contributed by atoms with van der Waals surface area (Å²) >= 11 is 0. The standard InChI is InChI=1S/C25H33NO6/c1-16-14-19(22-17-10-7-8-11-18(17)23(28)31-20(22)15-16)30-21(27)12-6-5-9-13-26-24(29)32-25(2,3)4/h14-15H,5-13H2,1-4H3,(H,26,29). The van der Waals surface area contributed by atoms with Crippen LogP contribution in [0.5, 0.6) is 5.75 Å². The number of fused-ring (bicyclic) bond motifs is 3. The number of nitrogens with one attached hydrogen (secondary N) is 1. The molecule has 0 spiro atoms. The van der Waals surface area contributed by atoms with Gasteiger partial charge in [0, 0.05) is 18.5 Å². The van der Waals surface area contributed by atoms with Gasteiger partial charge in [0.05, 0.1) is 5.39 Å². The van der Waals surface area contributed by atoms with Crippen LogP contribution in [0.25, 0.3) is 11.0 Å². The van der Waals surface area contributed by atoms with E-state index in [4.69, 9.17) is 13.9 Å². The number of ether oxygens (including phenoxy) is 2. The Balaban J connectivity index is 1.56. The van der Waals surface area contributed by atoms with Gasteiger partial charge in [0.1, 0.15) is 16.9 Å². The van der Waals surface area contributed by atoms with Crippen LogP contribution in [0.4, 0.5) is 4.79 Å². The number of amides is 1. The van der Waals surface area contributed by atoms with Crippen molar-refractivity contribution in [2.24, 2.45) is 0 Å². The van der Waals surface area contributed by atoms with Crippen LogP contribution < -0.4 is 15.7 Å². The number of hydrogen-bond acceptors (Lipinski definition) is 6. The Hall–Kier alpha value is -2.83. The summed E-state index contributed by atoms with van der Waals surface area (Å²) in [5.74, 6) is 0.159. The second-order valence-corrected chi connectivity index (χ2v) is 9.40. The van der Waals surface area contributed by atoms with Gasteiger partial charge in [-0.15, -0.1) is 0 Å². The summed E-state index contributed by atoms with van der Waals surface area (Å²) in [5.41, 5.74) is 2.21. The lowest BCUT2D eigenvalue weighted by Crippen LogP contribution is -2.33. The largest absolute Gasteiger partial charge is 0.444 e. The molecule has 0 atom stereocenters. The zero-order chi connectivity index (χ0) is 23.3. The molecular weight excluding hydrogens is 410 g/mol. The minimum atomic E-state index is -0.518. The fraction of sp³-hybridized carbons (Fsp3) is 0.560. The lowest BCUT2D eigenvalue weighted by molar-refractivity contribution is -0.134. The van der Waals surface area contributed by atoms with Crippen LogP contribution in [0.2, 0.25) is 0 Å². The first kappa shape index (κ1) is 23.8. The molecule has 3 rings (SSSR count). The molecule has 1 amide bonds. The highest BCUT2D eigenvalue weighted by atomic mass is 16.6. The minimum Gasteiger partial charge on any atom is -0.444 e. The fourth-order valence-corrected chi connectivity index (χ4v) is 4.00. The van der Waals surface area contributed by atoms with Gasteiger partial charge in [0.25, 0.3) is 0 Å². The maximum absolute atomic E-state index is 12.5. The third kappa shape index (κ3) is 6.34. The van der Waals surface area contributed by atoms with Crippen LogP contribution in [0.1, 0.15) is 76.0 Å². The van der Waals surface area contributed by atoms with E-state index in [2.05, 4.69) is 5.32 Å². The molecular formula is C25H33NO6. The van der Waals surface area contributed by atoms with Gasteiger partial charge in [0.2, 0.25) is 0 Å². The van der Waals surface area contributed by atoms with E-state index in [9.17, 15) is 14.4 Å². The highest BCUT2D eigenvalue weighted by Gasteiger charge is 2.22. The van der Waals surface area contributed by atoms with Crippen molar-refractivity contribution in [1.82, 2.24) is 5.32 Å². The average molecular weight is 444 g/mol. The molecule has 0 bridgehead atoms. The van der Waals surface area contributed by atoms with Gasteiger partial charge in [-0.1, -0.05) is 6.42 Å². The fourth-order valence-electron chi connectivity index (χ4n) is 4.00. The topological polar surface area (TPSA) is 94.8 Å². The van der Waals surface area contributed by atoms with Gasteiger partial charge in [0.15, 0.2) is 0 Å². The van der Waals surface area contributed by atoms with Gasteiger partial charge in [-0.25, -0.2) is 9.59 Å². The Kier molecular flexibility index (Phi) is 7.59. The molecule has 1 N–H and O–H groups in total. The predicted octanol–water partition coefficient (Wildman–Crippen LogP) is 4.97. The molecule has 1 aliphatic carbocycles. The molecule has 1 heterocycles. The maximum Gasteiger partial charge on any atom is 0.407 e. The van der Waals surface area contributed by atoms with Gasteiger partial charge >= 0.3 is 17.7 Å². The van der Waals surface area contributed by atoms with Crippen LogP contribution >= 0.6 is 0 Å². The molecule has 0 aliphatic heterocycles. The van der Waals surface area contributed by atoms with Crippen molar-refractivity contribution >= 4 is 23.0 Å². The summed E-state index contributed by atoms with van der Waals surface area (Å²) in [7, 11) is 0. The number of carbonyl (C=O) groups is 2. The maximum atomic E-state index is 12.5. The third-order valence-electron chi connectivity index (χ3n) is 5.38. The highest BCUT2D eigenvalue weighted by molar-refractivity contribution is 5.91. The van der Waals surface area contributed by atoms with E-state index in [1.54, 1.807) is 0 Å². The van der Waals surface area contributed by atoms with Crippen LogP contribution in [0.3, 0.4) is 0 Å². The van der Waals surface area contributed by atoms with Crippen LogP contribution in [-0.4, -0.2) is 24.2 Å². The number of alkyl carbamates (subject to hydrolysis) is 1. The quantitative estimate of drug-likeness (QED) is 0.281. The van der Waals surface area contributed by atoms with E-state index in [0.717, 1.165) is 48.6 Å². The highest BCUT2D eigenvalue weighted by Crippen LogP contribution is 2.34. The lowest BCUT2D eigenvalue weighted by atomic mass is 9.90. The van der Waals surface area contributed by atoms with E-state index < -0.39 is 11.7 Å². The first-order valence-corrected chi connectivity index (χ1v) is 11.4. The minimum absolute atomic E-state index is 0.279. The Labute approximate surface area is 188 Å². The van der Waals surface area contributed by atoms with Gasteiger partial charge in [-0.2, -0.15) is 0 Å². The zero-order valence-electron chi connectivity index (χ0n) is 19.5. The average Bonchev–Trinajstić information content (AvgIpc) is 2.69. The number of carbonyl (C=O) groups excluding carboxylic acids is 2. The van der Waals surface area contributed by atoms with Crippen molar-refractivity contribution in [1.29, 1.82) is 0 Å². The van der Waals surface area contributed by atoms with Crippen molar-refractivity contribution in [3.05, 3.63) is 39.2 Å². The molecule has 1 aliphatic rings. The lowest BCUT2D eigenvalue weighted by Gasteiger charge is -2.19. The predicted molar refractivity (Wildman–Crippen MR) is 122 cm³/mol. The summed E-state index contributed by atoms with van der Waals surface area (Å²) < 4.78 is 16.5. The molecule has 1 aromatic carbocycles. The Morgan fingerprint density at radius 2 is 1.78 bits per heavy atom. The third-order valence-corrected chi connectivity index (χ3v) is 5.38. The summed E-state index contributed by atoms with van der Waals surface area (Å²) in [6.45, 7) is 7.84. The Bertz CT molecular complexity index is 1050. The second-order valence-electron chi connectivity index (χ2n) is 9.40. The summed E-state index contributed by atoms with van der Waals surface area (Å²) in [6.07, 6.45) is 5.49. The molecule has 0 radical (unpaired) electrons. The number of aryl methyl sites for hydroxylation is 2. The number of rotatable bonds is 7. The van der Waals surface area contributed by atoms with Gasteiger partial charge in [-0.3, -0.25) is 4.79 Å². The molecule has 174 valence electrons. The second kappa shape index (κ2) is 10.2.